The first-order chi connectivity index (χ1) is 6.75. The van der Waals surface area contributed by atoms with Crippen LogP contribution in [0.2, 0.25) is 0 Å². The van der Waals surface area contributed by atoms with E-state index in [1.54, 1.807) is 0 Å². The number of carboxylic acid groups (broad SMARTS) is 1. The largest absolute Gasteiger partial charge is 0.481 e. The Hall–Kier alpha value is -0.740. The molecular weight excluding hydrogens is 209 g/mol. The highest BCUT2D eigenvalue weighted by molar-refractivity contribution is 5.75. The monoisotopic (exact) mass is 226 g/mol. The molecule has 0 spiro atoms. The van der Waals surface area contributed by atoms with E-state index in [1.807, 2.05) is 6.92 Å². The number of unbranched alkanes of at least 4 members (excludes halogenated alkanes) is 3. The van der Waals surface area contributed by atoms with Crippen LogP contribution in [0, 0.1) is 5.41 Å². The van der Waals surface area contributed by atoms with Gasteiger partial charge in [-0.2, -0.15) is 13.2 Å². The standard InChI is InChI=1S/C10H17F3O2/c1-3-4-5-6-7-9(2,8(14)15)10(11,12)13/h3-7H2,1-2H3,(H,14,15). The fourth-order valence-electron chi connectivity index (χ4n) is 1.28. The molecule has 0 bridgehead atoms. The zero-order chi connectivity index (χ0) is 12.1. The van der Waals surface area contributed by atoms with E-state index in [-0.39, 0.29) is 6.42 Å². The summed E-state index contributed by atoms with van der Waals surface area (Å²) in [5.41, 5.74) is -2.60. The lowest BCUT2D eigenvalue weighted by atomic mass is 9.84. The minimum atomic E-state index is -4.68. The highest BCUT2D eigenvalue weighted by atomic mass is 19.4. The molecule has 0 aromatic heterocycles. The van der Waals surface area contributed by atoms with Gasteiger partial charge in [0.05, 0.1) is 0 Å². The SMILES string of the molecule is CCCCCCC(C)(C(=O)O)C(F)(F)F. The van der Waals surface area contributed by atoms with Gasteiger partial charge in [-0.3, -0.25) is 4.79 Å². The quantitative estimate of drug-likeness (QED) is 0.702. The molecule has 0 aromatic rings. The van der Waals surface area contributed by atoms with Gasteiger partial charge in [-0.25, -0.2) is 0 Å². The molecule has 0 fully saturated rings. The van der Waals surface area contributed by atoms with Gasteiger partial charge in [0, 0.05) is 0 Å². The summed E-state index contributed by atoms with van der Waals surface area (Å²) in [6, 6.07) is 0. The summed E-state index contributed by atoms with van der Waals surface area (Å²) in [4.78, 5) is 10.6. The van der Waals surface area contributed by atoms with Crippen LogP contribution < -0.4 is 0 Å². The number of hydrogen-bond acceptors (Lipinski definition) is 1. The van der Waals surface area contributed by atoms with Crippen LogP contribution in [-0.4, -0.2) is 17.3 Å². The highest BCUT2D eigenvalue weighted by Crippen LogP contribution is 2.42. The van der Waals surface area contributed by atoms with Gasteiger partial charge in [-0.15, -0.1) is 0 Å². The minimum Gasteiger partial charge on any atom is -0.481 e. The summed E-state index contributed by atoms with van der Waals surface area (Å²) >= 11 is 0. The Labute approximate surface area is 87.5 Å². The average Bonchev–Trinajstić information content (AvgIpc) is 2.09. The highest BCUT2D eigenvalue weighted by Gasteiger charge is 2.56. The van der Waals surface area contributed by atoms with Crippen molar-refractivity contribution in [3.63, 3.8) is 0 Å². The smallest absolute Gasteiger partial charge is 0.404 e. The molecule has 90 valence electrons. The van der Waals surface area contributed by atoms with Crippen LogP contribution in [0.3, 0.4) is 0 Å². The van der Waals surface area contributed by atoms with Crippen molar-refractivity contribution in [3.8, 4) is 0 Å². The number of rotatable bonds is 6. The maximum absolute atomic E-state index is 12.5. The maximum Gasteiger partial charge on any atom is 0.404 e. The fraction of sp³-hybridized carbons (Fsp3) is 0.900. The van der Waals surface area contributed by atoms with E-state index in [9.17, 15) is 18.0 Å². The third-order valence-corrected chi connectivity index (χ3v) is 2.63. The molecule has 1 unspecified atom stereocenters. The summed E-state index contributed by atoms with van der Waals surface area (Å²) in [6.45, 7) is 2.70. The number of hydrogen-bond donors (Lipinski definition) is 1. The van der Waals surface area contributed by atoms with Gasteiger partial charge < -0.3 is 5.11 Å². The summed E-state index contributed by atoms with van der Waals surface area (Å²) in [5.74, 6) is -1.79. The van der Waals surface area contributed by atoms with E-state index >= 15 is 0 Å². The molecule has 1 atom stereocenters. The molecular formula is C10H17F3O2. The van der Waals surface area contributed by atoms with Crippen LogP contribution in [0.25, 0.3) is 0 Å². The van der Waals surface area contributed by atoms with E-state index in [1.165, 1.54) is 0 Å². The molecule has 5 heteroatoms. The van der Waals surface area contributed by atoms with Crippen LogP contribution in [0.4, 0.5) is 13.2 Å². The molecule has 2 nitrogen and oxygen atoms in total. The van der Waals surface area contributed by atoms with Crippen molar-refractivity contribution >= 4 is 5.97 Å². The van der Waals surface area contributed by atoms with E-state index in [0.717, 1.165) is 19.8 Å². The predicted molar refractivity (Wildman–Crippen MR) is 50.6 cm³/mol. The molecule has 0 saturated heterocycles. The first-order valence-electron chi connectivity index (χ1n) is 5.06. The van der Waals surface area contributed by atoms with E-state index in [2.05, 4.69) is 0 Å². The minimum absolute atomic E-state index is 0.302. The summed E-state index contributed by atoms with van der Waals surface area (Å²) < 4.78 is 37.5. The second-order valence-electron chi connectivity index (χ2n) is 3.95. The first kappa shape index (κ1) is 14.3. The van der Waals surface area contributed by atoms with Gasteiger partial charge in [0.15, 0.2) is 5.41 Å². The zero-order valence-corrected chi connectivity index (χ0v) is 9.02. The average molecular weight is 226 g/mol. The molecule has 0 aliphatic heterocycles. The van der Waals surface area contributed by atoms with Crippen LogP contribution in [0.5, 0.6) is 0 Å². The first-order valence-corrected chi connectivity index (χ1v) is 5.06. The molecule has 0 aliphatic rings. The molecule has 0 aromatic carbocycles. The Bertz CT molecular complexity index is 213. The molecule has 0 radical (unpaired) electrons. The van der Waals surface area contributed by atoms with Crippen molar-refractivity contribution in [1.82, 2.24) is 0 Å². The Morgan fingerprint density at radius 2 is 1.73 bits per heavy atom. The molecule has 0 rings (SSSR count). The topological polar surface area (TPSA) is 37.3 Å². The number of carbonyl (C=O) groups is 1. The van der Waals surface area contributed by atoms with Crippen LogP contribution in [0.15, 0.2) is 0 Å². The number of halogens is 3. The zero-order valence-electron chi connectivity index (χ0n) is 9.02. The summed E-state index contributed by atoms with van der Waals surface area (Å²) in [7, 11) is 0. The molecule has 0 saturated carbocycles. The summed E-state index contributed by atoms with van der Waals surface area (Å²) in [5, 5.41) is 8.60. The normalized spacial score (nSPS) is 16.1. The van der Waals surface area contributed by atoms with Crippen molar-refractivity contribution in [1.29, 1.82) is 0 Å². The van der Waals surface area contributed by atoms with Crippen molar-refractivity contribution in [2.24, 2.45) is 5.41 Å². The van der Waals surface area contributed by atoms with E-state index in [0.29, 0.717) is 12.8 Å². The lowest BCUT2D eigenvalue weighted by molar-refractivity contribution is -0.228. The van der Waals surface area contributed by atoms with Crippen molar-refractivity contribution in [2.45, 2.75) is 52.1 Å². The molecule has 1 N–H and O–H groups in total. The summed E-state index contributed by atoms with van der Waals surface area (Å²) in [6.07, 6.45) is -2.31. The predicted octanol–water partition coefficient (Wildman–Crippen LogP) is 3.61. The van der Waals surface area contributed by atoms with Gasteiger partial charge in [-0.05, 0) is 13.3 Å². The van der Waals surface area contributed by atoms with Gasteiger partial charge in [0.1, 0.15) is 0 Å². The van der Waals surface area contributed by atoms with Crippen LogP contribution in [0.1, 0.15) is 46.0 Å². The van der Waals surface area contributed by atoms with Crippen molar-refractivity contribution in [2.75, 3.05) is 0 Å². The maximum atomic E-state index is 12.5. The second kappa shape index (κ2) is 5.37. The third kappa shape index (κ3) is 3.72. The Kier molecular flexibility index (Phi) is 5.11. The Morgan fingerprint density at radius 1 is 1.20 bits per heavy atom. The molecule has 0 aliphatic carbocycles. The van der Waals surface area contributed by atoms with Gasteiger partial charge in [-0.1, -0.05) is 32.6 Å². The number of alkyl halides is 3. The van der Waals surface area contributed by atoms with Crippen molar-refractivity contribution < 1.29 is 23.1 Å². The molecule has 0 amide bonds. The van der Waals surface area contributed by atoms with Crippen LogP contribution >= 0.6 is 0 Å². The molecule has 15 heavy (non-hydrogen) atoms. The Balaban J connectivity index is 4.35. The van der Waals surface area contributed by atoms with Gasteiger partial charge >= 0.3 is 12.1 Å². The van der Waals surface area contributed by atoms with Crippen molar-refractivity contribution in [3.05, 3.63) is 0 Å². The van der Waals surface area contributed by atoms with Gasteiger partial charge in [0.25, 0.3) is 0 Å². The van der Waals surface area contributed by atoms with Crippen LogP contribution in [-0.2, 0) is 4.79 Å². The molecule has 0 heterocycles. The lowest BCUT2D eigenvalue weighted by Gasteiger charge is -2.27. The Morgan fingerprint density at radius 3 is 2.07 bits per heavy atom. The lowest BCUT2D eigenvalue weighted by Crippen LogP contribution is -2.42. The second-order valence-corrected chi connectivity index (χ2v) is 3.95. The van der Waals surface area contributed by atoms with E-state index < -0.39 is 17.6 Å². The fourth-order valence-corrected chi connectivity index (χ4v) is 1.28. The third-order valence-electron chi connectivity index (χ3n) is 2.63. The number of carboxylic acids is 1. The van der Waals surface area contributed by atoms with Gasteiger partial charge in [0.2, 0.25) is 0 Å². The number of aliphatic carboxylic acids is 1. The van der Waals surface area contributed by atoms with E-state index in [4.69, 9.17) is 5.11 Å².